The average molecular weight is 400 g/mol. The number of hydrogen-bond donors (Lipinski definition) is 2. The fourth-order valence-corrected chi connectivity index (χ4v) is 3.20. The van der Waals surface area contributed by atoms with Crippen molar-refractivity contribution < 1.29 is 13.2 Å². The normalized spacial score (nSPS) is 10.8. The standard InChI is InChI=1S/C13H19BrN2O3S.ClH/c14-12-5-3-11(4-6-12)9-20(18,19)10-13(17)16-8-2-1-7-15;/h3-6H,1-2,7-10,15H2,(H,16,17);1H. The molecule has 0 saturated carbocycles. The van der Waals surface area contributed by atoms with Crippen LogP contribution in [-0.4, -0.2) is 33.2 Å². The summed E-state index contributed by atoms with van der Waals surface area (Å²) in [5.74, 6) is -1.07. The van der Waals surface area contributed by atoms with Crippen LogP contribution in [0.3, 0.4) is 0 Å². The lowest BCUT2D eigenvalue weighted by molar-refractivity contribution is -0.118. The smallest absolute Gasteiger partial charge is 0.235 e. The van der Waals surface area contributed by atoms with Crippen LogP contribution in [0.4, 0.5) is 0 Å². The zero-order chi connectivity index (χ0) is 15.0. The maximum absolute atomic E-state index is 11.9. The molecule has 8 heteroatoms. The van der Waals surface area contributed by atoms with E-state index in [-0.39, 0.29) is 18.2 Å². The number of carbonyl (C=O) groups excluding carboxylic acids is 1. The Hall–Kier alpha value is -0.630. The molecular formula is C13H20BrClN2O3S. The van der Waals surface area contributed by atoms with Crippen molar-refractivity contribution in [1.29, 1.82) is 0 Å². The number of amides is 1. The van der Waals surface area contributed by atoms with E-state index in [1.54, 1.807) is 24.3 Å². The van der Waals surface area contributed by atoms with Crippen LogP contribution in [0.15, 0.2) is 28.7 Å². The molecule has 0 spiro atoms. The van der Waals surface area contributed by atoms with Crippen molar-refractivity contribution in [1.82, 2.24) is 5.32 Å². The van der Waals surface area contributed by atoms with Gasteiger partial charge in [0.1, 0.15) is 5.75 Å². The highest BCUT2D eigenvalue weighted by Crippen LogP contribution is 2.13. The summed E-state index contributed by atoms with van der Waals surface area (Å²) < 4.78 is 24.7. The number of sulfone groups is 1. The van der Waals surface area contributed by atoms with E-state index in [0.717, 1.165) is 17.3 Å². The number of benzene rings is 1. The lowest BCUT2D eigenvalue weighted by atomic mass is 10.2. The molecule has 5 nitrogen and oxygen atoms in total. The molecular weight excluding hydrogens is 380 g/mol. The molecule has 0 aliphatic rings. The Balaban J connectivity index is 0.00000400. The summed E-state index contributed by atoms with van der Waals surface area (Å²) in [7, 11) is -3.44. The minimum Gasteiger partial charge on any atom is -0.355 e. The molecule has 120 valence electrons. The van der Waals surface area contributed by atoms with Gasteiger partial charge in [0.2, 0.25) is 5.91 Å². The Morgan fingerprint density at radius 1 is 1.19 bits per heavy atom. The van der Waals surface area contributed by atoms with Gasteiger partial charge in [-0.3, -0.25) is 4.79 Å². The highest BCUT2D eigenvalue weighted by atomic mass is 79.9. The van der Waals surface area contributed by atoms with E-state index in [0.29, 0.717) is 18.7 Å². The summed E-state index contributed by atoms with van der Waals surface area (Å²) >= 11 is 3.28. The Morgan fingerprint density at radius 3 is 2.38 bits per heavy atom. The number of halogens is 2. The van der Waals surface area contributed by atoms with Crippen molar-refractivity contribution in [3.8, 4) is 0 Å². The SMILES string of the molecule is Cl.NCCCCNC(=O)CS(=O)(=O)Cc1ccc(Br)cc1. The van der Waals surface area contributed by atoms with Crippen molar-refractivity contribution in [2.45, 2.75) is 18.6 Å². The fourth-order valence-electron chi connectivity index (χ4n) is 1.63. The first kappa shape index (κ1) is 20.4. The molecule has 1 amide bonds. The van der Waals surface area contributed by atoms with Crippen molar-refractivity contribution in [3.63, 3.8) is 0 Å². The van der Waals surface area contributed by atoms with Crippen LogP contribution in [-0.2, 0) is 20.4 Å². The van der Waals surface area contributed by atoms with Crippen LogP contribution in [0.25, 0.3) is 0 Å². The molecule has 0 aromatic heterocycles. The van der Waals surface area contributed by atoms with E-state index in [2.05, 4.69) is 21.2 Å². The monoisotopic (exact) mass is 398 g/mol. The van der Waals surface area contributed by atoms with Crippen LogP contribution in [0.1, 0.15) is 18.4 Å². The molecule has 0 aliphatic heterocycles. The fraction of sp³-hybridized carbons (Fsp3) is 0.462. The molecule has 0 radical (unpaired) electrons. The Morgan fingerprint density at radius 2 is 1.81 bits per heavy atom. The van der Waals surface area contributed by atoms with E-state index in [1.807, 2.05) is 0 Å². The molecule has 0 fully saturated rings. The summed E-state index contributed by atoms with van der Waals surface area (Å²) in [4.78, 5) is 11.5. The first-order valence-corrected chi connectivity index (χ1v) is 8.96. The highest BCUT2D eigenvalue weighted by molar-refractivity contribution is 9.10. The molecule has 0 heterocycles. The van der Waals surface area contributed by atoms with E-state index >= 15 is 0 Å². The van der Waals surface area contributed by atoms with Crippen LogP contribution in [0, 0.1) is 0 Å². The molecule has 1 aromatic rings. The molecule has 3 N–H and O–H groups in total. The lowest BCUT2D eigenvalue weighted by Gasteiger charge is -2.06. The predicted molar refractivity (Wildman–Crippen MR) is 90.2 cm³/mol. The largest absolute Gasteiger partial charge is 0.355 e. The van der Waals surface area contributed by atoms with Gasteiger partial charge in [-0.2, -0.15) is 0 Å². The Labute approximate surface area is 140 Å². The van der Waals surface area contributed by atoms with E-state index < -0.39 is 21.5 Å². The molecule has 1 rings (SSSR count). The number of unbranched alkanes of at least 4 members (excludes halogenated alkanes) is 1. The zero-order valence-corrected chi connectivity index (χ0v) is 14.8. The third-order valence-corrected chi connectivity index (χ3v) is 4.61. The highest BCUT2D eigenvalue weighted by Gasteiger charge is 2.17. The van der Waals surface area contributed by atoms with Gasteiger partial charge < -0.3 is 11.1 Å². The number of carbonyl (C=O) groups is 1. The van der Waals surface area contributed by atoms with Crippen LogP contribution in [0.5, 0.6) is 0 Å². The van der Waals surface area contributed by atoms with Gasteiger partial charge in [0.05, 0.1) is 5.75 Å². The topological polar surface area (TPSA) is 89.3 Å². The van der Waals surface area contributed by atoms with Crippen molar-refractivity contribution in [3.05, 3.63) is 34.3 Å². The van der Waals surface area contributed by atoms with E-state index in [1.165, 1.54) is 0 Å². The third kappa shape index (κ3) is 9.08. The van der Waals surface area contributed by atoms with Gasteiger partial charge in [-0.15, -0.1) is 12.4 Å². The maximum atomic E-state index is 11.9. The summed E-state index contributed by atoms with van der Waals surface area (Å²) in [6.07, 6.45) is 1.57. The first-order valence-electron chi connectivity index (χ1n) is 6.34. The number of nitrogens with two attached hydrogens (primary N) is 1. The Kier molecular flexibility index (Phi) is 9.85. The number of nitrogens with one attached hydrogen (secondary N) is 1. The molecule has 0 saturated heterocycles. The van der Waals surface area contributed by atoms with Crippen LogP contribution in [0.2, 0.25) is 0 Å². The lowest BCUT2D eigenvalue weighted by Crippen LogP contribution is -2.31. The van der Waals surface area contributed by atoms with Crippen molar-refractivity contribution in [2.24, 2.45) is 5.73 Å². The van der Waals surface area contributed by atoms with Gasteiger partial charge in [-0.25, -0.2) is 8.42 Å². The molecule has 21 heavy (non-hydrogen) atoms. The van der Waals surface area contributed by atoms with E-state index in [4.69, 9.17) is 5.73 Å². The van der Waals surface area contributed by atoms with E-state index in [9.17, 15) is 13.2 Å². The van der Waals surface area contributed by atoms with Gasteiger partial charge >= 0.3 is 0 Å². The summed E-state index contributed by atoms with van der Waals surface area (Å²) in [6, 6.07) is 7.00. The summed E-state index contributed by atoms with van der Waals surface area (Å²) in [5.41, 5.74) is 6.00. The minimum atomic E-state index is -3.44. The van der Waals surface area contributed by atoms with Gasteiger partial charge in [0, 0.05) is 11.0 Å². The molecule has 0 aliphatic carbocycles. The van der Waals surface area contributed by atoms with Gasteiger partial charge in [-0.05, 0) is 37.1 Å². The van der Waals surface area contributed by atoms with Crippen molar-refractivity contribution in [2.75, 3.05) is 18.8 Å². The van der Waals surface area contributed by atoms with Gasteiger partial charge in [-0.1, -0.05) is 28.1 Å². The zero-order valence-electron chi connectivity index (χ0n) is 11.5. The molecule has 0 unspecified atom stereocenters. The molecule has 0 atom stereocenters. The third-order valence-electron chi connectivity index (χ3n) is 2.60. The second-order valence-corrected chi connectivity index (χ2v) is 7.48. The second-order valence-electron chi connectivity index (χ2n) is 4.50. The number of rotatable bonds is 8. The van der Waals surface area contributed by atoms with Gasteiger partial charge in [0.25, 0.3) is 0 Å². The summed E-state index contributed by atoms with van der Waals surface area (Å²) in [5, 5.41) is 2.59. The number of hydrogen-bond acceptors (Lipinski definition) is 4. The predicted octanol–water partition coefficient (Wildman–Crippen LogP) is 1.64. The quantitative estimate of drug-likeness (QED) is 0.650. The van der Waals surface area contributed by atoms with Gasteiger partial charge in [0.15, 0.2) is 9.84 Å². The van der Waals surface area contributed by atoms with Crippen LogP contribution >= 0.6 is 28.3 Å². The minimum absolute atomic E-state index is 0. The van der Waals surface area contributed by atoms with Crippen LogP contribution < -0.4 is 11.1 Å². The Bertz CT molecular complexity index is 535. The average Bonchev–Trinajstić information content (AvgIpc) is 2.36. The first-order chi connectivity index (χ1) is 9.43. The molecule has 0 bridgehead atoms. The molecule has 1 aromatic carbocycles. The second kappa shape index (κ2) is 10.2. The van der Waals surface area contributed by atoms with Crippen molar-refractivity contribution >= 4 is 44.1 Å². The maximum Gasteiger partial charge on any atom is 0.235 e. The summed E-state index contributed by atoms with van der Waals surface area (Å²) in [6.45, 7) is 1.03.